The van der Waals surface area contributed by atoms with E-state index in [0.717, 1.165) is 24.3 Å². The second kappa shape index (κ2) is 11.5. The summed E-state index contributed by atoms with van der Waals surface area (Å²) in [7, 11) is 3.54. The van der Waals surface area contributed by atoms with E-state index in [9.17, 15) is 0 Å². The van der Waals surface area contributed by atoms with Crippen LogP contribution in [-0.4, -0.2) is 14.2 Å². The maximum absolute atomic E-state index is 5.90. The molecule has 0 spiro atoms. The van der Waals surface area contributed by atoms with Crippen LogP contribution in [0.1, 0.15) is 54.3 Å². The second-order valence-corrected chi connectivity index (χ2v) is 13.5. The van der Waals surface area contributed by atoms with Crippen molar-refractivity contribution in [3.05, 3.63) is 63.9 Å². The van der Waals surface area contributed by atoms with Gasteiger partial charge in [-0.15, -0.1) is 45.3 Å². The number of allylic oxidation sites excluding steroid dienone is 4. The third kappa shape index (κ3) is 5.28. The number of hydrogen-bond donors (Lipinski definition) is 0. The van der Waals surface area contributed by atoms with E-state index in [1.165, 1.54) is 75.8 Å². The van der Waals surface area contributed by atoms with E-state index in [-0.39, 0.29) is 0 Å². The van der Waals surface area contributed by atoms with Crippen molar-refractivity contribution >= 4 is 50.9 Å². The number of ether oxygens (including phenoxy) is 2. The minimum absolute atomic E-state index is 0.958. The molecule has 4 heterocycles. The Hall–Kier alpha value is -2.12. The van der Waals surface area contributed by atoms with Crippen LogP contribution in [0.4, 0.5) is 0 Å². The molecule has 4 aromatic heterocycles. The topological polar surface area (TPSA) is 18.5 Å². The molecule has 6 heteroatoms. The summed E-state index contributed by atoms with van der Waals surface area (Å²) in [5.41, 5.74) is 2.92. The molecule has 2 nitrogen and oxygen atoms in total. The molecule has 0 bridgehead atoms. The molecule has 36 heavy (non-hydrogen) atoms. The third-order valence-corrected chi connectivity index (χ3v) is 11.5. The smallest absolute Gasteiger partial charge is 0.138 e. The largest absolute Gasteiger partial charge is 0.495 e. The van der Waals surface area contributed by atoms with Gasteiger partial charge in [-0.25, -0.2) is 0 Å². The van der Waals surface area contributed by atoms with Crippen molar-refractivity contribution in [2.24, 2.45) is 0 Å². The predicted molar refractivity (Wildman–Crippen MR) is 162 cm³/mol. The van der Waals surface area contributed by atoms with Crippen LogP contribution in [0.2, 0.25) is 0 Å². The molecule has 0 saturated carbocycles. The number of aryl methyl sites for hydroxylation is 2. The fourth-order valence-corrected chi connectivity index (χ4v) is 9.28. The van der Waals surface area contributed by atoms with Gasteiger partial charge in [-0.2, -0.15) is 0 Å². The quantitative estimate of drug-likeness (QED) is 0.172. The lowest BCUT2D eigenvalue weighted by Crippen LogP contribution is -1.85. The van der Waals surface area contributed by atoms with Crippen LogP contribution in [0.15, 0.2) is 48.6 Å². The van der Waals surface area contributed by atoms with Gasteiger partial charge >= 0.3 is 0 Å². The molecule has 0 unspecified atom stereocenters. The Balaban J connectivity index is 1.49. The van der Waals surface area contributed by atoms with Crippen molar-refractivity contribution in [1.82, 2.24) is 0 Å². The van der Waals surface area contributed by atoms with Crippen molar-refractivity contribution < 1.29 is 9.47 Å². The average molecular weight is 553 g/mol. The second-order valence-electron chi connectivity index (χ2n) is 9.03. The van der Waals surface area contributed by atoms with Gasteiger partial charge in [0.25, 0.3) is 0 Å². The summed E-state index contributed by atoms with van der Waals surface area (Å²) < 4.78 is 11.5. The van der Waals surface area contributed by atoms with Crippen LogP contribution in [-0.2, 0) is 6.42 Å². The summed E-state index contributed by atoms with van der Waals surface area (Å²) in [6, 6.07) is 11.3. The zero-order valence-electron chi connectivity index (χ0n) is 21.3. The number of thiophene rings is 4. The number of rotatable bonds is 11. The molecule has 188 valence electrons. The standard InChI is InChI=1S/C30H32O2S4/c1-5-6-7-8-13-21-17-26(20-11-9-10-12-20)35-28(21)27-18-23(32-4)30(36-27)25-15-14-24(34-25)29-22(31-3)16-19(2)33-29/h9-11,14-18H,5-8,12-13H2,1-4H3. The van der Waals surface area contributed by atoms with Gasteiger partial charge in [0.1, 0.15) is 11.5 Å². The van der Waals surface area contributed by atoms with Gasteiger partial charge in [0.15, 0.2) is 0 Å². The molecular formula is C30H32O2S4. The molecular weight excluding hydrogens is 521 g/mol. The highest BCUT2D eigenvalue weighted by atomic mass is 32.1. The number of hydrogen-bond acceptors (Lipinski definition) is 6. The Bertz CT molecular complexity index is 1390. The van der Waals surface area contributed by atoms with E-state index in [2.05, 4.69) is 62.4 Å². The Kier molecular flexibility index (Phi) is 8.16. The van der Waals surface area contributed by atoms with Gasteiger partial charge in [-0.1, -0.05) is 44.4 Å². The fraction of sp³-hybridized carbons (Fsp3) is 0.333. The van der Waals surface area contributed by atoms with E-state index in [4.69, 9.17) is 9.47 Å². The molecule has 0 N–H and O–H groups in total. The molecule has 0 aliphatic heterocycles. The summed E-state index contributed by atoms with van der Waals surface area (Å²) in [4.78, 5) is 10.3. The Labute approximate surface area is 230 Å². The van der Waals surface area contributed by atoms with E-state index >= 15 is 0 Å². The average Bonchev–Trinajstić information content (AvgIpc) is 3.70. The molecule has 0 saturated heterocycles. The van der Waals surface area contributed by atoms with Gasteiger partial charge in [0.05, 0.1) is 24.0 Å². The molecule has 0 atom stereocenters. The zero-order chi connectivity index (χ0) is 25.1. The first-order valence-electron chi connectivity index (χ1n) is 12.5. The highest BCUT2D eigenvalue weighted by molar-refractivity contribution is 7.29. The molecule has 1 aliphatic rings. The van der Waals surface area contributed by atoms with E-state index in [1.54, 1.807) is 25.6 Å². The van der Waals surface area contributed by atoms with Crippen molar-refractivity contribution in [3.8, 4) is 40.8 Å². The minimum Gasteiger partial charge on any atom is -0.495 e. The SMILES string of the molecule is CCCCCCc1cc(C2=CC=CC2)sc1-c1cc(OC)c(-c2ccc(-c3sc(C)cc3OC)s2)s1. The maximum atomic E-state index is 5.90. The molecule has 0 radical (unpaired) electrons. The summed E-state index contributed by atoms with van der Waals surface area (Å²) >= 11 is 7.41. The minimum atomic E-state index is 0.958. The van der Waals surface area contributed by atoms with Crippen LogP contribution < -0.4 is 9.47 Å². The third-order valence-electron chi connectivity index (χ3n) is 6.43. The number of unbranched alkanes of at least 4 members (excludes halogenated alkanes) is 3. The van der Waals surface area contributed by atoms with Crippen LogP contribution in [0.5, 0.6) is 11.5 Å². The van der Waals surface area contributed by atoms with E-state index in [0.29, 0.717) is 0 Å². The maximum Gasteiger partial charge on any atom is 0.138 e. The lowest BCUT2D eigenvalue weighted by atomic mass is 10.0. The first kappa shape index (κ1) is 25.5. The zero-order valence-corrected chi connectivity index (χ0v) is 24.6. The molecule has 1 aliphatic carbocycles. The lowest BCUT2D eigenvalue weighted by Gasteiger charge is -2.02. The Morgan fingerprint density at radius 1 is 0.750 bits per heavy atom. The van der Waals surface area contributed by atoms with Crippen LogP contribution in [0.25, 0.3) is 34.8 Å². The predicted octanol–water partition coefficient (Wildman–Crippen LogP) is 10.7. The van der Waals surface area contributed by atoms with Crippen LogP contribution in [0, 0.1) is 6.92 Å². The van der Waals surface area contributed by atoms with E-state index in [1.807, 2.05) is 34.0 Å². The van der Waals surface area contributed by atoms with Crippen molar-refractivity contribution in [1.29, 1.82) is 0 Å². The van der Waals surface area contributed by atoms with E-state index < -0.39 is 0 Å². The number of methoxy groups -OCH3 is 2. The summed E-state index contributed by atoms with van der Waals surface area (Å²) in [5, 5.41) is 0. The fourth-order valence-electron chi connectivity index (χ4n) is 4.56. The molecule has 5 rings (SSSR count). The monoisotopic (exact) mass is 552 g/mol. The molecule has 0 amide bonds. The van der Waals surface area contributed by atoms with Crippen molar-refractivity contribution in [3.63, 3.8) is 0 Å². The molecule has 4 aromatic rings. The lowest BCUT2D eigenvalue weighted by molar-refractivity contribution is 0.418. The van der Waals surface area contributed by atoms with Gasteiger partial charge in [-0.05, 0) is 61.6 Å². The van der Waals surface area contributed by atoms with Gasteiger partial charge in [0.2, 0.25) is 0 Å². The summed E-state index contributed by atoms with van der Waals surface area (Å²) in [6.07, 6.45) is 14.0. The van der Waals surface area contributed by atoms with Crippen LogP contribution >= 0.6 is 45.3 Å². The van der Waals surface area contributed by atoms with Gasteiger partial charge in [0, 0.05) is 35.3 Å². The summed E-state index contributed by atoms with van der Waals surface area (Å²) in [5.74, 6) is 1.92. The molecule has 0 aromatic carbocycles. The van der Waals surface area contributed by atoms with Crippen molar-refractivity contribution in [2.75, 3.05) is 14.2 Å². The molecule has 0 fully saturated rings. The Morgan fingerprint density at radius 3 is 2.17 bits per heavy atom. The first-order valence-corrected chi connectivity index (χ1v) is 15.8. The van der Waals surface area contributed by atoms with Crippen molar-refractivity contribution in [2.45, 2.75) is 52.4 Å². The normalized spacial score (nSPS) is 12.9. The highest BCUT2D eigenvalue weighted by Crippen LogP contribution is 2.51. The van der Waals surface area contributed by atoms with Gasteiger partial charge in [-0.3, -0.25) is 0 Å². The van der Waals surface area contributed by atoms with Crippen LogP contribution in [0.3, 0.4) is 0 Å². The Morgan fingerprint density at radius 2 is 1.47 bits per heavy atom. The first-order chi connectivity index (χ1) is 17.6. The van der Waals surface area contributed by atoms with Gasteiger partial charge < -0.3 is 9.47 Å². The highest BCUT2D eigenvalue weighted by Gasteiger charge is 2.21. The summed E-state index contributed by atoms with van der Waals surface area (Å²) in [6.45, 7) is 4.41.